The van der Waals surface area contributed by atoms with E-state index in [1.807, 2.05) is 30.9 Å². The van der Waals surface area contributed by atoms with Crippen molar-refractivity contribution in [1.29, 1.82) is 0 Å². The average Bonchev–Trinajstić information content (AvgIpc) is 2.86. The van der Waals surface area contributed by atoms with Crippen molar-refractivity contribution in [3.8, 4) is 5.75 Å². The van der Waals surface area contributed by atoms with Crippen LogP contribution in [0, 0.1) is 0 Å². The number of nitrogens with zero attached hydrogens (tertiary/aromatic N) is 2. The fraction of sp³-hybridized carbons (Fsp3) is 0.438. The summed E-state index contributed by atoms with van der Waals surface area (Å²) in [6.07, 6.45) is 1.80. The number of methoxy groups -OCH3 is 1. The van der Waals surface area contributed by atoms with Crippen molar-refractivity contribution >= 4 is 15.9 Å². The van der Waals surface area contributed by atoms with Crippen molar-refractivity contribution in [2.45, 2.75) is 25.8 Å². The molecular formula is C16H22BrN3O. The van der Waals surface area contributed by atoms with Crippen LogP contribution in [-0.2, 0) is 19.9 Å². The topological polar surface area (TPSA) is 39.1 Å². The minimum atomic E-state index is 0.200. The van der Waals surface area contributed by atoms with Gasteiger partial charge in [-0.25, -0.2) is 0 Å². The van der Waals surface area contributed by atoms with E-state index in [0.29, 0.717) is 0 Å². The summed E-state index contributed by atoms with van der Waals surface area (Å²) in [5.74, 6) is 0.913. The lowest BCUT2D eigenvalue weighted by Crippen LogP contribution is -2.21. The quantitative estimate of drug-likeness (QED) is 0.867. The number of likely N-dealkylation sites (N-methyl/N-ethyl adjacent to an activating group) is 1. The number of benzene rings is 1. The van der Waals surface area contributed by atoms with Gasteiger partial charge in [0.25, 0.3) is 0 Å². The number of hydrogen-bond acceptors (Lipinski definition) is 3. The maximum atomic E-state index is 5.47. The molecular weight excluding hydrogens is 330 g/mol. The van der Waals surface area contributed by atoms with Crippen LogP contribution in [0.25, 0.3) is 0 Å². The molecule has 0 aliphatic carbocycles. The van der Waals surface area contributed by atoms with Gasteiger partial charge in [-0.05, 0) is 49.7 Å². The van der Waals surface area contributed by atoms with Gasteiger partial charge >= 0.3 is 0 Å². The SMILES string of the molecule is CCc1cc(C(Cc2cc(Br)ccc2OC)NC)n(C)n1. The summed E-state index contributed by atoms with van der Waals surface area (Å²) in [6, 6.07) is 8.47. The second kappa shape index (κ2) is 7.09. The van der Waals surface area contributed by atoms with Gasteiger partial charge in [0.1, 0.15) is 5.75 Å². The fourth-order valence-electron chi connectivity index (χ4n) is 2.52. The summed E-state index contributed by atoms with van der Waals surface area (Å²) in [5.41, 5.74) is 3.48. The molecule has 0 saturated carbocycles. The maximum Gasteiger partial charge on any atom is 0.122 e. The van der Waals surface area contributed by atoms with Gasteiger partial charge in [-0.3, -0.25) is 4.68 Å². The molecule has 0 saturated heterocycles. The zero-order valence-electron chi connectivity index (χ0n) is 13.0. The lowest BCUT2D eigenvalue weighted by atomic mass is 10.0. The lowest BCUT2D eigenvalue weighted by Gasteiger charge is -2.18. The number of aryl methyl sites for hydroxylation is 2. The van der Waals surface area contributed by atoms with Crippen molar-refractivity contribution in [3.63, 3.8) is 0 Å². The van der Waals surface area contributed by atoms with Crippen LogP contribution in [0.3, 0.4) is 0 Å². The van der Waals surface area contributed by atoms with Crippen LogP contribution in [0.4, 0.5) is 0 Å². The fourth-order valence-corrected chi connectivity index (χ4v) is 2.93. The van der Waals surface area contributed by atoms with E-state index in [4.69, 9.17) is 4.74 Å². The van der Waals surface area contributed by atoms with Crippen LogP contribution in [-0.4, -0.2) is 23.9 Å². The van der Waals surface area contributed by atoms with Crippen LogP contribution in [0.2, 0.25) is 0 Å². The van der Waals surface area contributed by atoms with Crippen LogP contribution in [0.15, 0.2) is 28.7 Å². The van der Waals surface area contributed by atoms with Gasteiger partial charge in [0.05, 0.1) is 24.5 Å². The molecule has 0 bridgehead atoms. The van der Waals surface area contributed by atoms with Gasteiger partial charge in [0.2, 0.25) is 0 Å². The molecule has 0 spiro atoms. The highest BCUT2D eigenvalue weighted by molar-refractivity contribution is 9.10. The Balaban J connectivity index is 2.30. The second-order valence-electron chi connectivity index (χ2n) is 5.04. The number of halogens is 1. The minimum Gasteiger partial charge on any atom is -0.496 e. The van der Waals surface area contributed by atoms with Crippen LogP contribution < -0.4 is 10.1 Å². The molecule has 5 heteroatoms. The number of hydrogen-bond donors (Lipinski definition) is 1. The van der Waals surface area contributed by atoms with Gasteiger partial charge in [-0.1, -0.05) is 22.9 Å². The van der Waals surface area contributed by atoms with E-state index in [1.165, 1.54) is 11.3 Å². The van der Waals surface area contributed by atoms with E-state index in [0.717, 1.165) is 28.8 Å². The van der Waals surface area contributed by atoms with E-state index >= 15 is 0 Å². The van der Waals surface area contributed by atoms with Gasteiger partial charge in [0, 0.05) is 11.5 Å². The Hall–Kier alpha value is -1.33. The second-order valence-corrected chi connectivity index (χ2v) is 5.95. The summed E-state index contributed by atoms with van der Waals surface area (Å²) in [4.78, 5) is 0. The summed E-state index contributed by atoms with van der Waals surface area (Å²) < 4.78 is 8.49. The molecule has 21 heavy (non-hydrogen) atoms. The zero-order chi connectivity index (χ0) is 15.4. The van der Waals surface area contributed by atoms with E-state index in [9.17, 15) is 0 Å². The molecule has 0 aliphatic heterocycles. The van der Waals surface area contributed by atoms with Gasteiger partial charge in [-0.15, -0.1) is 0 Å². The van der Waals surface area contributed by atoms with Crippen molar-refractivity contribution < 1.29 is 4.74 Å². The van der Waals surface area contributed by atoms with Crippen molar-refractivity contribution in [2.24, 2.45) is 7.05 Å². The van der Waals surface area contributed by atoms with Crippen LogP contribution in [0.5, 0.6) is 5.75 Å². The van der Waals surface area contributed by atoms with Crippen molar-refractivity contribution in [2.75, 3.05) is 14.2 Å². The molecule has 1 atom stereocenters. The van der Waals surface area contributed by atoms with Crippen LogP contribution >= 0.6 is 15.9 Å². The van der Waals surface area contributed by atoms with Gasteiger partial charge in [-0.2, -0.15) is 5.10 Å². The molecule has 0 radical (unpaired) electrons. The highest BCUT2D eigenvalue weighted by Gasteiger charge is 2.17. The van der Waals surface area contributed by atoms with Crippen molar-refractivity contribution in [3.05, 3.63) is 45.7 Å². The molecule has 1 heterocycles. The predicted molar refractivity (Wildman–Crippen MR) is 88.8 cm³/mol. The average molecular weight is 352 g/mol. The first-order valence-corrected chi connectivity index (χ1v) is 7.90. The first kappa shape index (κ1) is 16.0. The number of ether oxygens (including phenoxy) is 1. The largest absolute Gasteiger partial charge is 0.496 e. The Morgan fingerprint density at radius 2 is 2.14 bits per heavy atom. The normalized spacial score (nSPS) is 12.4. The molecule has 0 amide bonds. The highest BCUT2D eigenvalue weighted by atomic mass is 79.9. The Morgan fingerprint density at radius 3 is 2.71 bits per heavy atom. The molecule has 0 aliphatic rings. The molecule has 1 N–H and O–H groups in total. The van der Waals surface area contributed by atoms with Gasteiger partial charge < -0.3 is 10.1 Å². The Bertz CT molecular complexity index is 610. The summed E-state index contributed by atoms with van der Waals surface area (Å²) in [6.45, 7) is 2.12. The number of nitrogens with one attached hydrogen (secondary N) is 1. The summed E-state index contributed by atoms with van der Waals surface area (Å²) in [7, 11) is 5.69. The number of aromatic nitrogens is 2. The van der Waals surface area contributed by atoms with E-state index in [1.54, 1.807) is 7.11 Å². The molecule has 114 valence electrons. The molecule has 2 rings (SSSR count). The zero-order valence-corrected chi connectivity index (χ0v) is 14.6. The molecule has 2 aromatic rings. The highest BCUT2D eigenvalue weighted by Crippen LogP contribution is 2.28. The third kappa shape index (κ3) is 3.66. The third-order valence-electron chi connectivity index (χ3n) is 3.70. The first-order chi connectivity index (χ1) is 10.1. The lowest BCUT2D eigenvalue weighted by molar-refractivity contribution is 0.405. The van der Waals surface area contributed by atoms with E-state index in [-0.39, 0.29) is 6.04 Å². The Morgan fingerprint density at radius 1 is 1.38 bits per heavy atom. The monoisotopic (exact) mass is 351 g/mol. The van der Waals surface area contributed by atoms with E-state index in [2.05, 4.69) is 45.4 Å². The Kier molecular flexibility index (Phi) is 5.42. The molecule has 1 aromatic heterocycles. The summed E-state index contributed by atoms with van der Waals surface area (Å²) >= 11 is 3.53. The molecule has 4 nitrogen and oxygen atoms in total. The van der Waals surface area contributed by atoms with Crippen LogP contribution in [0.1, 0.15) is 29.9 Å². The standard InChI is InChI=1S/C16H22BrN3O/c1-5-13-10-15(20(3)19-13)14(18-2)9-11-8-12(17)6-7-16(11)21-4/h6-8,10,14,18H,5,9H2,1-4H3. The van der Waals surface area contributed by atoms with Gasteiger partial charge in [0.15, 0.2) is 0 Å². The first-order valence-electron chi connectivity index (χ1n) is 7.11. The molecule has 0 fully saturated rings. The van der Waals surface area contributed by atoms with E-state index < -0.39 is 0 Å². The maximum absolute atomic E-state index is 5.47. The number of rotatable bonds is 6. The third-order valence-corrected chi connectivity index (χ3v) is 4.19. The molecule has 1 aromatic carbocycles. The molecule has 1 unspecified atom stereocenters. The minimum absolute atomic E-state index is 0.200. The predicted octanol–water partition coefficient (Wildman–Crippen LogP) is 3.26. The summed E-state index contributed by atoms with van der Waals surface area (Å²) in [5, 5.41) is 7.92. The Labute approximate surface area is 134 Å². The van der Waals surface area contributed by atoms with Crippen molar-refractivity contribution in [1.82, 2.24) is 15.1 Å². The smallest absolute Gasteiger partial charge is 0.122 e.